The smallest absolute Gasteiger partial charge is 0.274 e. The van der Waals surface area contributed by atoms with Gasteiger partial charge in [-0.05, 0) is 30.7 Å². The van der Waals surface area contributed by atoms with Crippen molar-refractivity contribution in [2.45, 2.75) is 13.3 Å². The minimum Gasteiger partial charge on any atom is -0.305 e. The second-order valence-corrected chi connectivity index (χ2v) is 4.14. The fourth-order valence-corrected chi connectivity index (χ4v) is 1.70. The van der Waals surface area contributed by atoms with Gasteiger partial charge in [0.15, 0.2) is 0 Å². The van der Waals surface area contributed by atoms with Gasteiger partial charge in [-0.3, -0.25) is 14.8 Å². The molecule has 0 aliphatic carbocycles. The second-order valence-electron chi connectivity index (χ2n) is 4.14. The minimum atomic E-state index is -0.266. The number of nitrogens with one attached hydrogen (secondary N) is 1. The van der Waals surface area contributed by atoms with Gasteiger partial charge in [0, 0.05) is 24.8 Å². The summed E-state index contributed by atoms with van der Waals surface area (Å²) in [6.07, 6.45) is 7.86. The van der Waals surface area contributed by atoms with Gasteiger partial charge in [0.05, 0.1) is 5.52 Å². The summed E-state index contributed by atoms with van der Waals surface area (Å²) in [6, 6.07) is 5.42. The summed E-state index contributed by atoms with van der Waals surface area (Å²) in [5, 5.41) is 3.67. The van der Waals surface area contributed by atoms with Gasteiger partial charge in [-0.1, -0.05) is 13.0 Å². The first-order valence-electron chi connectivity index (χ1n) is 6.40. The van der Waals surface area contributed by atoms with Crippen LogP contribution in [-0.2, 0) is 4.79 Å². The molecule has 0 spiro atoms. The first-order valence-corrected chi connectivity index (χ1v) is 6.40. The molecular formula is C15H16N4O. The maximum Gasteiger partial charge on any atom is 0.274 e. The second kappa shape index (κ2) is 6.56. The van der Waals surface area contributed by atoms with Crippen LogP contribution in [0.1, 0.15) is 13.3 Å². The standard InChI is InChI=1S/C15H16N4O/c1-3-4-5-13(16-2)15(20)19-14-7-6-11-10-17-9-8-12(11)18-14/h4-10H,3H2,1-2H3,(H,18,19,20)/b5-4-,16-13?. The summed E-state index contributed by atoms with van der Waals surface area (Å²) < 4.78 is 0. The lowest BCUT2D eigenvalue weighted by atomic mass is 10.2. The predicted molar refractivity (Wildman–Crippen MR) is 81.0 cm³/mol. The number of carbonyl (C=O) groups excluding carboxylic acids is 1. The Balaban J connectivity index is 2.19. The van der Waals surface area contributed by atoms with Crippen LogP contribution in [0.5, 0.6) is 0 Å². The van der Waals surface area contributed by atoms with Crippen molar-refractivity contribution in [1.82, 2.24) is 9.97 Å². The van der Waals surface area contributed by atoms with Gasteiger partial charge >= 0.3 is 0 Å². The largest absolute Gasteiger partial charge is 0.305 e. The number of amides is 1. The molecule has 0 aromatic carbocycles. The highest BCUT2D eigenvalue weighted by Gasteiger charge is 2.08. The number of allylic oxidation sites excluding steroid dienone is 1. The molecule has 2 aromatic rings. The molecule has 0 aliphatic heterocycles. The van der Waals surface area contributed by atoms with E-state index in [1.54, 1.807) is 37.7 Å². The molecule has 102 valence electrons. The van der Waals surface area contributed by atoms with E-state index in [2.05, 4.69) is 20.3 Å². The van der Waals surface area contributed by atoms with Gasteiger partial charge in [-0.15, -0.1) is 0 Å². The number of anilines is 1. The zero-order valence-corrected chi connectivity index (χ0v) is 11.5. The van der Waals surface area contributed by atoms with Gasteiger partial charge in [-0.25, -0.2) is 4.98 Å². The number of aliphatic imine (C=N–C) groups is 1. The summed E-state index contributed by atoms with van der Waals surface area (Å²) in [5.74, 6) is 0.234. The molecule has 1 N–H and O–H groups in total. The van der Waals surface area contributed by atoms with Gasteiger partial charge in [-0.2, -0.15) is 0 Å². The Morgan fingerprint density at radius 1 is 1.40 bits per heavy atom. The van der Waals surface area contributed by atoms with Crippen molar-refractivity contribution < 1.29 is 4.79 Å². The molecule has 1 amide bonds. The highest BCUT2D eigenvalue weighted by Crippen LogP contribution is 2.13. The molecule has 0 fully saturated rings. The Morgan fingerprint density at radius 3 is 3.00 bits per heavy atom. The monoisotopic (exact) mass is 268 g/mol. The first kappa shape index (κ1) is 13.9. The summed E-state index contributed by atoms with van der Waals surface area (Å²) in [7, 11) is 1.59. The maximum absolute atomic E-state index is 12.0. The molecular weight excluding hydrogens is 252 g/mol. The molecule has 0 unspecified atom stereocenters. The van der Waals surface area contributed by atoms with Crippen molar-refractivity contribution in [1.29, 1.82) is 0 Å². The molecule has 0 bridgehead atoms. The van der Waals surface area contributed by atoms with E-state index in [-0.39, 0.29) is 5.91 Å². The van der Waals surface area contributed by atoms with Gasteiger partial charge in [0.2, 0.25) is 0 Å². The number of hydrogen-bond donors (Lipinski definition) is 1. The molecule has 0 atom stereocenters. The average Bonchev–Trinajstić information content (AvgIpc) is 2.48. The number of aromatic nitrogens is 2. The SMILES string of the molecule is CC/C=C\C(=NC)C(=O)Nc1ccc2cnccc2n1. The topological polar surface area (TPSA) is 67.2 Å². The van der Waals surface area contributed by atoms with Crippen LogP contribution in [-0.4, -0.2) is 28.6 Å². The summed E-state index contributed by atoms with van der Waals surface area (Å²) in [5.41, 5.74) is 1.17. The minimum absolute atomic E-state index is 0.266. The molecule has 2 rings (SSSR count). The maximum atomic E-state index is 12.0. The number of carbonyl (C=O) groups is 1. The summed E-state index contributed by atoms with van der Waals surface area (Å²) in [6.45, 7) is 2.00. The zero-order chi connectivity index (χ0) is 14.4. The van der Waals surface area contributed by atoms with Crippen molar-refractivity contribution in [3.63, 3.8) is 0 Å². The van der Waals surface area contributed by atoms with Gasteiger partial charge in [0.1, 0.15) is 11.5 Å². The van der Waals surface area contributed by atoms with Crippen molar-refractivity contribution in [3.05, 3.63) is 42.7 Å². The molecule has 5 heteroatoms. The Bertz CT molecular complexity index is 676. The van der Waals surface area contributed by atoms with E-state index in [0.29, 0.717) is 11.5 Å². The third-order valence-electron chi connectivity index (χ3n) is 2.72. The number of fused-ring (bicyclic) bond motifs is 1. The Labute approximate surface area is 117 Å². The van der Waals surface area contributed by atoms with Crippen LogP contribution in [0.25, 0.3) is 10.9 Å². The van der Waals surface area contributed by atoms with E-state index < -0.39 is 0 Å². The van der Waals surface area contributed by atoms with Crippen LogP contribution in [0.15, 0.2) is 47.7 Å². The van der Waals surface area contributed by atoms with E-state index in [1.807, 2.05) is 19.1 Å². The highest BCUT2D eigenvalue weighted by molar-refractivity contribution is 6.47. The van der Waals surface area contributed by atoms with E-state index in [0.717, 1.165) is 17.3 Å². The zero-order valence-electron chi connectivity index (χ0n) is 11.5. The van der Waals surface area contributed by atoms with Crippen molar-refractivity contribution >= 4 is 28.3 Å². The van der Waals surface area contributed by atoms with Crippen molar-refractivity contribution in [3.8, 4) is 0 Å². The van der Waals surface area contributed by atoms with Crippen LogP contribution < -0.4 is 5.32 Å². The molecule has 2 aromatic heterocycles. The van der Waals surface area contributed by atoms with Crippen LogP contribution in [0.2, 0.25) is 0 Å². The van der Waals surface area contributed by atoms with E-state index in [9.17, 15) is 4.79 Å². The van der Waals surface area contributed by atoms with Crippen molar-refractivity contribution in [2.75, 3.05) is 12.4 Å². The van der Waals surface area contributed by atoms with Crippen LogP contribution in [0.3, 0.4) is 0 Å². The summed E-state index contributed by atoms with van der Waals surface area (Å²) >= 11 is 0. The first-order chi connectivity index (χ1) is 9.74. The lowest BCUT2D eigenvalue weighted by molar-refractivity contribution is -0.110. The Morgan fingerprint density at radius 2 is 2.25 bits per heavy atom. The Kier molecular flexibility index (Phi) is 4.55. The lowest BCUT2D eigenvalue weighted by Gasteiger charge is -2.05. The molecule has 0 saturated carbocycles. The number of hydrogen-bond acceptors (Lipinski definition) is 4. The number of pyridine rings is 2. The molecule has 0 radical (unpaired) electrons. The van der Waals surface area contributed by atoms with Crippen LogP contribution in [0.4, 0.5) is 5.82 Å². The fourth-order valence-electron chi connectivity index (χ4n) is 1.70. The lowest BCUT2D eigenvalue weighted by Crippen LogP contribution is -2.21. The average molecular weight is 268 g/mol. The van der Waals surface area contributed by atoms with Crippen LogP contribution in [0, 0.1) is 0 Å². The van der Waals surface area contributed by atoms with E-state index in [1.165, 1.54) is 0 Å². The normalized spacial score (nSPS) is 12.0. The third-order valence-corrected chi connectivity index (χ3v) is 2.72. The van der Waals surface area contributed by atoms with Gasteiger partial charge in [0.25, 0.3) is 5.91 Å². The van der Waals surface area contributed by atoms with Crippen molar-refractivity contribution in [2.24, 2.45) is 4.99 Å². The number of nitrogens with zero attached hydrogens (tertiary/aromatic N) is 3. The van der Waals surface area contributed by atoms with E-state index >= 15 is 0 Å². The Hall–Kier alpha value is -2.56. The quantitative estimate of drug-likeness (QED) is 0.867. The fraction of sp³-hybridized carbons (Fsp3) is 0.200. The molecule has 5 nitrogen and oxygen atoms in total. The predicted octanol–water partition coefficient (Wildman–Crippen LogP) is 2.61. The van der Waals surface area contributed by atoms with Crippen LogP contribution >= 0.6 is 0 Å². The molecule has 2 heterocycles. The molecule has 0 aliphatic rings. The molecule has 20 heavy (non-hydrogen) atoms. The highest BCUT2D eigenvalue weighted by atomic mass is 16.1. The summed E-state index contributed by atoms with van der Waals surface area (Å²) in [4.78, 5) is 24.4. The molecule has 0 saturated heterocycles. The number of rotatable bonds is 4. The van der Waals surface area contributed by atoms with Gasteiger partial charge < -0.3 is 5.32 Å². The van der Waals surface area contributed by atoms with E-state index in [4.69, 9.17) is 0 Å². The third kappa shape index (κ3) is 3.26.